The molecule has 3 heterocycles. The zero-order valence-corrected chi connectivity index (χ0v) is 18.9. The molecule has 7 nitrogen and oxygen atoms in total. The van der Waals surface area contributed by atoms with E-state index in [1.807, 2.05) is 17.6 Å². The van der Waals surface area contributed by atoms with E-state index in [-0.39, 0.29) is 5.91 Å². The molecular formula is C22H23N5O2S2. The number of allylic oxidation sites excluding steroid dienone is 1. The van der Waals surface area contributed by atoms with E-state index >= 15 is 0 Å². The second-order valence-corrected chi connectivity index (χ2v) is 9.44. The molecule has 3 aromatic heterocycles. The second kappa shape index (κ2) is 9.54. The van der Waals surface area contributed by atoms with Crippen molar-refractivity contribution < 1.29 is 9.21 Å². The van der Waals surface area contributed by atoms with Gasteiger partial charge in [-0.3, -0.25) is 9.36 Å². The molecule has 0 spiro atoms. The molecular weight excluding hydrogens is 430 g/mol. The van der Waals surface area contributed by atoms with Crippen LogP contribution in [0.1, 0.15) is 41.0 Å². The standard InChI is InChI=1S/C22H23N5O2S2/c1-3-10-27-20(15-8-11-29-14(15)2)25-26-22(27)30-12-9-19(28)24-21-17(13-23)16-6-4-5-7-18(16)31-21/h3,8,11H,1,4-7,9-10,12H2,2H3,(H,24,28). The van der Waals surface area contributed by atoms with Gasteiger partial charge in [0.2, 0.25) is 5.91 Å². The van der Waals surface area contributed by atoms with Crippen LogP contribution in [-0.2, 0) is 24.2 Å². The number of nitrogens with one attached hydrogen (secondary N) is 1. The van der Waals surface area contributed by atoms with Crippen molar-refractivity contribution in [1.29, 1.82) is 5.26 Å². The van der Waals surface area contributed by atoms with E-state index in [2.05, 4.69) is 28.2 Å². The summed E-state index contributed by atoms with van der Waals surface area (Å²) in [5.41, 5.74) is 2.67. The lowest BCUT2D eigenvalue weighted by Gasteiger charge is -2.09. The number of amides is 1. The Morgan fingerprint density at radius 2 is 2.29 bits per heavy atom. The van der Waals surface area contributed by atoms with Gasteiger partial charge >= 0.3 is 0 Å². The molecule has 0 radical (unpaired) electrons. The number of rotatable bonds is 8. The van der Waals surface area contributed by atoms with Gasteiger partial charge in [0.15, 0.2) is 11.0 Å². The van der Waals surface area contributed by atoms with E-state index in [4.69, 9.17) is 4.42 Å². The van der Waals surface area contributed by atoms with Crippen molar-refractivity contribution in [2.75, 3.05) is 11.1 Å². The number of thioether (sulfide) groups is 1. The number of nitriles is 1. The van der Waals surface area contributed by atoms with Crippen molar-refractivity contribution in [3.05, 3.63) is 46.7 Å². The number of aromatic nitrogens is 3. The van der Waals surface area contributed by atoms with Crippen LogP contribution in [-0.4, -0.2) is 26.4 Å². The van der Waals surface area contributed by atoms with Crippen LogP contribution in [0.4, 0.5) is 5.00 Å². The van der Waals surface area contributed by atoms with Crippen molar-refractivity contribution in [2.45, 2.75) is 50.7 Å². The van der Waals surface area contributed by atoms with Gasteiger partial charge in [-0.1, -0.05) is 17.8 Å². The van der Waals surface area contributed by atoms with Crippen LogP contribution in [0.3, 0.4) is 0 Å². The van der Waals surface area contributed by atoms with Crippen LogP contribution in [0.5, 0.6) is 0 Å². The van der Waals surface area contributed by atoms with Crippen LogP contribution < -0.4 is 5.32 Å². The smallest absolute Gasteiger partial charge is 0.225 e. The van der Waals surface area contributed by atoms with Crippen molar-refractivity contribution in [3.63, 3.8) is 0 Å². The summed E-state index contributed by atoms with van der Waals surface area (Å²) in [4.78, 5) is 13.8. The Morgan fingerprint density at radius 3 is 3.03 bits per heavy atom. The van der Waals surface area contributed by atoms with E-state index in [9.17, 15) is 10.1 Å². The maximum Gasteiger partial charge on any atom is 0.225 e. The average Bonchev–Trinajstić information content (AvgIpc) is 3.45. The second-order valence-electron chi connectivity index (χ2n) is 7.27. The molecule has 1 aliphatic carbocycles. The van der Waals surface area contributed by atoms with Crippen LogP contribution in [0, 0.1) is 18.3 Å². The monoisotopic (exact) mass is 453 g/mol. The third-order valence-corrected chi connectivity index (χ3v) is 7.40. The lowest BCUT2D eigenvalue weighted by molar-refractivity contribution is -0.115. The van der Waals surface area contributed by atoms with Gasteiger partial charge in [0.05, 0.1) is 17.4 Å². The minimum atomic E-state index is -0.0942. The average molecular weight is 454 g/mol. The zero-order valence-electron chi connectivity index (χ0n) is 17.3. The zero-order chi connectivity index (χ0) is 21.8. The fourth-order valence-corrected chi connectivity index (χ4v) is 5.84. The lowest BCUT2D eigenvalue weighted by Crippen LogP contribution is -2.12. The number of hydrogen-bond donors (Lipinski definition) is 1. The number of fused-ring (bicyclic) bond motifs is 1. The summed E-state index contributed by atoms with van der Waals surface area (Å²) in [6, 6.07) is 4.15. The number of carbonyl (C=O) groups is 1. The number of nitrogens with zero attached hydrogens (tertiary/aromatic N) is 4. The van der Waals surface area contributed by atoms with Gasteiger partial charge in [-0.05, 0) is 44.2 Å². The Kier molecular flexibility index (Phi) is 6.59. The first-order valence-corrected chi connectivity index (χ1v) is 12.0. The molecule has 0 fully saturated rings. The Bertz CT molecular complexity index is 1150. The molecule has 0 aromatic carbocycles. The van der Waals surface area contributed by atoms with Gasteiger partial charge in [0.1, 0.15) is 16.8 Å². The lowest BCUT2D eigenvalue weighted by atomic mass is 9.96. The normalized spacial score (nSPS) is 12.9. The number of furan rings is 1. The molecule has 0 saturated heterocycles. The Hall–Kier alpha value is -2.83. The third-order valence-electron chi connectivity index (χ3n) is 5.22. The summed E-state index contributed by atoms with van der Waals surface area (Å²) < 4.78 is 7.36. The molecule has 0 aliphatic heterocycles. The fourth-order valence-electron chi connectivity index (χ4n) is 3.70. The summed E-state index contributed by atoms with van der Waals surface area (Å²) in [6.07, 6.45) is 7.92. The number of thiophene rings is 1. The highest BCUT2D eigenvalue weighted by molar-refractivity contribution is 7.99. The molecule has 1 N–H and O–H groups in total. The summed E-state index contributed by atoms with van der Waals surface area (Å²) >= 11 is 3.02. The van der Waals surface area contributed by atoms with Gasteiger partial charge in [0, 0.05) is 23.6 Å². The molecule has 0 bridgehead atoms. The third kappa shape index (κ3) is 4.45. The highest BCUT2D eigenvalue weighted by atomic mass is 32.2. The topological polar surface area (TPSA) is 96.7 Å². The minimum absolute atomic E-state index is 0.0942. The predicted octanol–water partition coefficient (Wildman–Crippen LogP) is 4.97. The number of hydrogen-bond acceptors (Lipinski definition) is 7. The fraction of sp³-hybridized carbons (Fsp3) is 0.364. The van der Waals surface area contributed by atoms with Gasteiger partial charge < -0.3 is 9.73 Å². The summed E-state index contributed by atoms with van der Waals surface area (Å²) in [6.45, 7) is 6.27. The molecule has 160 valence electrons. The van der Waals surface area contributed by atoms with E-state index < -0.39 is 0 Å². The van der Waals surface area contributed by atoms with E-state index in [0.717, 1.165) is 53.6 Å². The molecule has 4 rings (SSSR count). The summed E-state index contributed by atoms with van der Waals surface area (Å²) in [5, 5.41) is 22.5. The van der Waals surface area contributed by atoms with Crippen LogP contribution in [0.25, 0.3) is 11.4 Å². The van der Waals surface area contributed by atoms with Gasteiger partial charge in [0.25, 0.3) is 0 Å². The van der Waals surface area contributed by atoms with E-state index in [1.165, 1.54) is 16.6 Å². The first-order valence-electron chi connectivity index (χ1n) is 10.2. The van der Waals surface area contributed by atoms with Crippen molar-refractivity contribution in [2.24, 2.45) is 0 Å². The van der Waals surface area contributed by atoms with Crippen molar-refractivity contribution in [1.82, 2.24) is 14.8 Å². The first-order chi connectivity index (χ1) is 15.1. The highest BCUT2D eigenvalue weighted by Gasteiger charge is 2.22. The molecule has 1 aliphatic rings. The maximum atomic E-state index is 12.5. The minimum Gasteiger partial charge on any atom is -0.469 e. The number of anilines is 1. The van der Waals surface area contributed by atoms with Crippen LogP contribution in [0.2, 0.25) is 0 Å². The SMILES string of the molecule is C=CCn1c(SCCC(=O)Nc2sc3c(c2C#N)CCCC3)nnc1-c1ccoc1C. The van der Waals surface area contributed by atoms with Crippen LogP contribution >= 0.6 is 23.1 Å². The molecule has 0 unspecified atom stereocenters. The van der Waals surface area contributed by atoms with Crippen molar-refractivity contribution >= 4 is 34.0 Å². The van der Waals surface area contributed by atoms with Gasteiger partial charge in [-0.25, -0.2) is 0 Å². The maximum absolute atomic E-state index is 12.5. The quantitative estimate of drug-likeness (QED) is 0.382. The summed E-state index contributed by atoms with van der Waals surface area (Å²) in [5.74, 6) is 1.96. The molecule has 31 heavy (non-hydrogen) atoms. The number of carbonyl (C=O) groups excluding carboxylic acids is 1. The first kappa shape index (κ1) is 21.4. The predicted molar refractivity (Wildman–Crippen MR) is 122 cm³/mol. The van der Waals surface area contributed by atoms with Crippen molar-refractivity contribution in [3.8, 4) is 17.5 Å². The summed E-state index contributed by atoms with van der Waals surface area (Å²) in [7, 11) is 0. The van der Waals surface area contributed by atoms with E-state index in [1.54, 1.807) is 23.7 Å². The molecule has 3 aromatic rings. The highest BCUT2D eigenvalue weighted by Crippen LogP contribution is 2.37. The van der Waals surface area contributed by atoms with Gasteiger partial charge in [-0.2, -0.15) is 5.26 Å². The molecule has 0 saturated carbocycles. The van der Waals surface area contributed by atoms with Gasteiger partial charge in [-0.15, -0.1) is 28.1 Å². The molecule has 9 heteroatoms. The molecule has 1 amide bonds. The largest absolute Gasteiger partial charge is 0.469 e. The van der Waals surface area contributed by atoms with E-state index in [0.29, 0.717) is 29.3 Å². The Labute approximate surface area is 189 Å². The Balaban J connectivity index is 1.40. The Morgan fingerprint density at radius 1 is 1.45 bits per heavy atom. The molecule has 0 atom stereocenters. The van der Waals surface area contributed by atoms with Crippen LogP contribution in [0.15, 0.2) is 34.6 Å². The number of aryl methyl sites for hydroxylation is 2.